The maximum atomic E-state index is 13.6. The van der Waals surface area contributed by atoms with E-state index in [0.717, 1.165) is 45.2 Å². The van der Waals surface area contributed by atoms with Gasteiger partial charge < -0.3 is 9.80 Å². The van der Waals surface area contributed by atoms with Crippen LogP contribution in [-0.4, -0.2) is 63.9 Å². The van der Waals surface area contributed by atoms with Crippen molar-refractivity contribution in [3.63, 3.8) is 0 Å². The Morgan fingerprint density at radius 1 is 1.07 bits per heavy atom. The molecule has 1 spiro atoms. The second-order valence-electron chi connectivity index (χ2n) is 8.36. The summed E-state index contributed by atoms with van der Waals surface area (Å²) in [7, 11) is 0. The van der Waals surface area contributed by atoms with Gasteiger partial charge in [0.15, 0.2) is 0 Å². The topological polar surface area (TPSA) is 43.9 Å². The average molecular weight is 370 g/mol. The molecule has 5 nitrogen and oxygen atoms in total. The molecule has 27 heavy (non-hydrogen) atoms. The van der Waals surface area contributed by atoms with E-state index in [2.05, 4.69) is 30.9 Å². The lowest BCUT2D eigenvalue weighted by atomic mass is 9.85. The molecule has 1 unspecified atom stereocenters. The molecule has 0 saturated carbocycles. The molecule has 0 radical (unpaired) electrons. The van der Waals surface area contributed by atoms with Gasteiger partial charge in [-0.1, -0.05) is 31.2 Å². The zero-order valence-electron chi connectivity index (χ0n) is 16.8. The van der Waals surface area contributed by atoms with E-state index >= 15 is 0 Å². The van der Waals surface area contributed by atoms with E-state index in [-0.39, 0.29) is 18.0 Å². The number of fused-ring (bicyclic) bond motifs is 1. The van der Waals surface area contributed by atoms with Crippen LogP contribution in [0.2, 0.25) is 0 Å². The van der Waals surface area contributed by atoms with Gasteiger partial charge in [-0.3, -0.25) is 9.69 Å². The summed E-state index contributed by atoms with van der Waals surface area (Å²) in [5.74, 6) is 0.0518. The van der Waals surface area contributed by atoms with Crippen molar-refractivity contribution < 1.29 is 9.59 Å². The molecule has 146 valence electrons. The van der Waals surface area contributed by atoms with Crippen LogP contribution in [0.5, 0.6) is 0 Å². The SMILES string of the molecule is CCC(C)N1CCC2(CC1)C(=O)N(C1Cc3ccccc3C1)C(=O)N2CC. The van der Waals surface area contributed by atoms with Crippen LogP contribution in [0.15, 0.2) is 24.3 Å². The maximum absolute atomic E-state index is 13.6. The van der Waals surface area contributed by atoms with Crippen molar-refractivity contribution in [2.24, 2.45) is 0 Å². The zero-order valence-corrected chi connectivity index (χ0v) is 16.8. The summed E-state index contributed by atoms with van der Waals surface area (Å²) in [4.78, 5) is 32.8. The Balaban J connectivity index is 1.57. The highest BCUT2D eigenvalue weighted by molar-refractivity contribution is 6.07. The Labute approximate surface area is 162 Å². The van der Waals surface area contributed by atoms with Crippen molar-refractivity contribution in [1.29, 1.82) is 0 Å². The summed E-state index contributed by atoms with van der Waals surface area (Å²) in [5.41, 5.74) is 1.93. The molecule has 3 amide bonds. The molecule has 0 bridgehead atoms. The molecular formula is C22H31N3O2. The minimum absolute atomic E-state index is 0.0246. The Bertz CT molecular complexity index is 714. The summed E-state index contributed by atoms with van der Waals surface area (Å²) in [6, 6.07) is 8.76. The van der Waals surface area contributed by atoms with Crippen LogP contribution < -0.4 is 0 Å². The van der Waals surface area contributed by atoms with Crippen LogP contribution in [0.4, 0.5) is 4.79 Å². The van der Waals surface area contributed by atoms with Gasteiger partial charge in [-0.2, -0.15) is 0 Å². The summed E-state index contributed by atoms with van der Waals surface area (Å²) in [6.45, 7) is 8.84. The van der Waals surface area contributed by atoms with Gasteiger partial charge in [0.1, 0.15) is 5.54 Å². The largest absolute Gasteiger partial charge is 0.327 e. The number of hydrogen-bond acceptors (Lipinski definition) is 3. The molecule has 1 aromatic rings. The normalized spacial score (nSPS) is 24.1. The molecule has 2 aliphatic heterocycles. The van der Waals surface area contributed by atoms with Gasteiger partial charge in [-0.15, -0.1) is 0 Å². The number of carbonyl (C=O) groups excluding carboxylic acids is 2. The molecule has 1 atom stereocenters. The van der Waals surface area contributed by atoms with Crippen LogP contribution in [0.25, 0.3) is 0 Å². The number of carbonyl (C=O) groups is 2. The Morgan fingerprint density at radius 2 is 1.67 bits per heavy atom. The summed E-state index contributed by atoms with van der Waals surface area (Å²) >= 11 is 0. The third kappa shape index (κ3) is 2.78. The lowest BCUT2D eigenvalue weighted by Gasteiger charge is -2.43. The lowest BCUT2D eigenvalue weighted by molar-refractivity contribution is -0.137. The van der Waals surface area contributed by atoms with E-state index in [1.54, 1.807) is 4.90 Å². The first-order chi connectivity index (χ1) is 13.0. The Kier molecular flexibility index (Phi) is 4.75. The third-order valence-electron chi connectivity index (χ3n) is 7.12. The van der Waals surface area contributed by atoms with E-state index in [1.807, 2.05) is 24.0 Å². The van der Waals surface area contributed by atoms with E-state index in [1.165, 1.54) is 11.1 Å². The van der Waals surface area contributed by atoms with Crippen LogP contribution in [0.3, 0.4) is 0 Å². The molecule has 3 aliphatic rings. The molecule has 2 heterocycles. The number of nitrogens with zero attached hydrogens (tertiary/aromatic N) is 3. The van der Waals surface area contributed by atoms with E-state index in [0.29, 0.717) is 12.6 Å². The number of amides is 3. The predicted octanol–water partition coefficient (Wildman–Crippen LogP) is 3.07. The Morgan fingerprint density at radius 3 is 2.19 bits per heavy atom. The molecule has 2 fully saturated rings. The van der Waals surface area contributed by atoms with Crippen LogP contribution >= 0.6 is 0 Å². The quantitative estimate of drug-likeness (QED) is 0.766. The monoisotopic (exact) mass is 369 g/mol. The van der Waals surface area contributed by atoms with Crippen LogP contribution in [-0.2, 0) is 17.6 Å². The van der Waals surface area contributed by atoms with Gasteiger partial charge in [0.2, 0.25) is 0 Å². The summed E-state index contributed by atoms with van der Waals surface area (Å²) < 4.78 is 0. The number of likely N-dealkylation sites (N-methyl/N-ethyl adjacent to an activating group) is 1. The van der Waals surface area contributed by atoms with Gasteiger partial charge in [-0.25, -0.2) is 4.79 Å². The minimum atomic E-state index is -0.620. The molecule has 2 saturated heterocycles. The molecule has 5 heteroatoms. The average Bonchev–Trinajstić information content (AvgIpc) is 3.19. The van der Waals surface area contributed by atoms with Gasteiger partial charge in [0, 0.05) is 31.7 Å². The summed E-state index contributed by atoms with van der Waals surface area (Å²) in [5, 5.41) is 0. The second kappa shape index (κ2) is 6.93. The first-order valence-electron chi connectivity index (χ1n) is 10.5. The zero-order chi connectivity index (χ0) is 19.2. The van der Waals surface area contributed by atoms with Crippen molar-refractivity contribution in [1.82, 2.24) is 14.7 Å². The first-order valence-corrected chi connectivity index (χ1v) is 10.5. The van der Waals surface area contributed by atoms with Crippen LogP contribution in [0.1, 0.15) is 51.2 Å². The van der Waals surface area contributed by atoms with Crippen molar-refractivity contribution >= 4 is 11.9 Å². The number of benzene rings is 1. The molecule has 0 aromatic heterocycles. The van der Waals surface area contributed by atoms with Gasteiger partial charge in [-0.05, 0) is 57.1 Å². The fraction of sp³-hybridized carbons (Fsp3) is 0.636. The van der Waals surface area contributed by atoms with Crippen LogP contribution in [0, 0.1) is 0 Å². The highest BCUT2D eigenvalue weighted by atomic mass is 16.2. The van der Waals surface area contributed by atoms with E-state index < -0.39 is 5.54 Å². The molecule has 0 N–H and O–H groups in total. The second-order valence-corrected chi connectivity index (χ2v) is 8.36. The fourth-order valence-corrected chi connectivity index (χ4v) is 5.29. The molecule has 1 aliphatic carbocycles. The number of urea groups is 1. The van der Waals surface area contributed by atoms with E-state index in [9.17, 15) is 9.59 Å². The van der Waals surface area contributed by atoms with Crippen molar-refractivity contribution in [3.05, 3.63) is 35.4 Å². The van der Waals surface area contributed by atoms with E-state index in [4.69, 9.17) is 0 Å². The fourth-order valence-electron chi connectivity index (χ4n) is 5.29. The van der Waals surface area contributed by atoms with Gasteiger partial charge in [0.25, 0.3) is 5.91 Å². The van der Waals surface area contributed by atoms with Crippen molar-refractivity contribution in [3.8, 4) is 0 Å². The standard InChI is InChI=1S/C22H31N3O2/c1-4-16(3)23-12-10-22(11-13-23)20(26)25(21(27)24(22)5-2)19-14-17-8-6-7-9-18(17)15-19/h6-9,16,19H,4-5,10-15H2,1-3H3. The lowest BCUT2D eigenvalue weighted by Crippen LogP contribution is -2.57. The molecule has 4 rings (SSSR count). The summed E-state index contributed by atoms with van der Waals surface area (Å²) in [6.07, 6.45) is 4.21. The number of likely N-dealkylation sites (tertiary alicyclic amines) is 1. The smallest absolute Gasteiger partial charge is 0.310 e. The molecule has 1 aromatic carbocycles. The highest BCUT2D eigenvalue weighted by Crippen LogP contribution is 2.40. The molecular weight excluding hydrogens is 338 g/mol. The Hall–Kier alpha value is -1.88. The minimum Gasteiger partial charge on any atom is -0.310 e. The number of hydrogen-bond donors (Lipinski definition) is 0. The maximum Gasteiger partial charge on any atom is 0.327 e. The predicted molar refractivity (Wildman–Crippen MR) is 106 cm³/mol. The first kappa shape index (κ1) is 18.5. The number of imide groups is 1. The van der Waals surface area contributed by atoms with Gasteiger partial charge >= 0.3 is 6.03 Å². The van der Waals surface area contributed by atoms with Crippen molar-refractivity contribution in [2.45, 2.75) is 70.5 Å². The highest BCUT2D eigenvalue weighted by Gasteiger charge is 2.59. The number of piperidine rings is 1. The number of rotatable bonds is 4. The third-order valence-corrected chi connectivity index (χ3v) is 7.12. The van der Waals surface area contributed by atoms with Crippen molar-refractivity contribution in [2.75, 3.05) is 19.6 Å². The van der Waals surface area contributed by atoms with Gasteiger partial charge in [0.05, 0.1) is 0 Å².